The maximum Gasteiger partial charge on any atom is 0.245 e. The Morgan fingerprint density at radius 3 is 1.89 bits per heavy atom. The molecule has 5 nitrogen and oxygen atoms in total. The molecule has 6 heteroatoms. The fourth-order valence-electron chi connectivity index (χ4n) is 3.00. The molecule has 0 radical (unpaired) electrons. The summed E-state index contributed by atoms with van der Waals surface area (Å²) in [6.45, 7) is 8.01. The van der Waals surface area contributed by atoms with Crippen LogP contribution in [0.5, 0.6) is 0 Å². The van der Waals surface area contributed by atoms with E-state index in [0.29, 0.717) is 5.69 Å². The van der Waals surface area contributed by atoms with Crippen molar-refractivity contribution in [3.63, 3.8) is 0 Å². The second-order valence-corrected chi connectivity index (χ2v) is 9.18. The van der Waals surface area contributed by atoms with Gasteiger partial charge in [-0.3, -0.25) is 9.10 Å². The van der Waals surface area contributed by atoms with E-state index in [4.69, 9.17) is 0 Å². The number of hydrogen-bond acceptors (Lipinski definition) is 3. The molecule has 0 aliphatic heterocycles. The number of amides is 1. The Labute approximate surface area is 162 Å². The van der Waals surface area contributed by atoms with Gasteiger partial charge in [-0.1, -0.05) is 64.1 Å². The Morgan fingerprint density at radius 2 is 1.44 bits per heavy atom. The summed E-state index contributed by atoms with van der Waals surface area (Å²) < 4.78 is 25.6. The molecule has 2 rings (SSSR count). The molecule has 0 atom stereocenters. The first-order valence-electron chi connectivity index (χ1n) is 9.06. The molecule has 2 aromatic rings. The summed E-state index contributed by atoms with van der Waals surface area (Å²) in [4.78, 5) is 12.8. The van der Waals surface area contributed by atoms with Crippen molar-refractivity contribution in [2.75, 3.05) is 22.4 Å². The van der Waals surface area contributed by atoms with Crippen LogP contribution in [0.3, 0.4) is 0 Å². The molecule has 0 fully saturated rings. The first-order valence-corrected chi connectivity index (χ1v) is 10.9. The maximum absolute atomic E-state index is 12.8. The van der Waals surface area contributed by atoms with E-state index in [9.17, 15) is 13.2 Å². The predicted octanol–water partition coefficient (Wildman–Crippen LogP) is 4.34. The van der Waals surface area contributed by atoms with Gasteiger partial charge < -0.3 is 5.32 Å². The van der Waals surface area contributed by atoms with E-state index < -0.39 is 10.0 Å². The summed E-state index contributed by atoms with van der Waals surface area (Å²) in [5.41, 5.74) is 3.34. The van der Waals surface area contributed by atoms with Gasteiger partial charge in [-0.05, 0) is 35.1 Å². The smallest absolute Gasteiger partial charge is 0.245 e. The summed E-state index contributed by atoms with van der Waals surface area (Å²) >= 11 is 0. The van der Waals surface area contributed by atoms with Crippen molar-refractivity contribution in [3.8, 4) is 0 Å². The average Bonchev–Trinajstić information content (AvgIpc) is 2.59. The lowest BCUT2D eigenvalue weighted by Gasteiger charge is -2.24. The van der Waals surface area contributed by atoms with E-state index in [1.807, 2.05) is 18.2 Å². The Balaban J connectivity index is 2.34. The van der Waals surface area contributed by atoms with Crippen LogP contribution < -0.4 is 9.62 Å². The fraction of sp³-hybridized carbons (Fsp3) is 0.381. The molecular weight excluding hydrogens is 360 g/mol. The summed E-state index contributed by atoms with van der Waals surface area (Å²) in [5, 5.41) is 2.97. The molecule has 0 unspecified atom stereocenters. The Bertz CT molecular complexity index is 865. The lowest BCUT2D eigenvalue weighted by atomic mass is 9.92. The van der Waals surface area contributed by atoms with Crippen LogP contribution in [0.4, 0.5) is 11.4 Å². The van der Waals surface area contributed by atoms with Crippen molar-refractivity contribution in [3.05, 3.63) is 59.7 Å². The van der Waals surface area contributed by atoms with Crippen molar-refractivity contribution < 1.29 is 13.2 Å². The number of anilines is 2. The first kappa shape index (κ1) is 21.0. The number of carbonyl (C=O) groups is 1. The third-order valence-corrected chi connectivity index (χ3v) is 5.51. The highest BCUT2D eigenvalue weighted by molar-refractivity contribution is 7.92. The van der Waals surface area contributed by atoms with E-state index in [2.05, 4.69) is 33.0 Å². The Morgan fingerprint density at radius 1 is 0.926 bits per heavy atom. The molecule has 0 saturated carbocycles. The van der Waals surface area contributed by atoms with Gasteiger partial charge in [-0.25, -0.2) is 8.42 Å². The van der Waals surface area contributed by atoms with Gasteiger partial charge in [0.15, 0.2) is 0 Å². The van der Waals surface area contributed by atoms with Crippen LogP contribution in [0, 0.1) is 0 Å². The molecule has 1 amide bonds. The molecule has 146 valence electrons. The number of nitrogens with zero attached hydrogens (tertiary/aromatic N) is 1. The largest absolute Gasteiger partial charge is 0.324 e. The molecule has 1 N–H and O–H groups in total. The third-order valence-electron chi connectivity index (χ3n) is 4.37. The fourth-order valence-corrected chi connectivity index (χ4v) is 3.86. The van der Waals surface area contributed by atoms with Crippen LogP contribution in [0.15, 0.2) is 48.5 Å². The molecule has 27 heavy (non-hydrogen) atoms. The van der Waals surface area contributed by atoms with Crippen LogP contribution in [0.25, 0.3) is 0 Å². The van der Waals surface area contributed by atoms with Crippen LogP contribution in [0.2, 0.25) is 0 Å². The zero-order valence-electron chi connectivity index (χ0n) is 16.6. The van der Waals surface area contributed by atoms with Gasteiger partial charge in [-0.2, -0.15) is 0 Å². The number of rotatable bonds is 7. The highest BCUT2D eigenvalue weighted by atomic mass is 32.2. The predicted molar refractivity (Wildman–Crippen MR) is 112 cm³/mol. The molecule has 0 heterocycles. The molecule has 0 saturated heterocycles. The average molecular weight is 389 g/mol. The summed E-state index contributed by atoms with van der Waals surface area (Å²) in [7, 11) is -3.59. The number of nitrogens with one attached hydrogen (secondary N) is 1. The Hall–Kier alpha value is -2.34. The third kappa shape index (κ3) is 5.32. The number of carbonyl (C=O) groups excluding carboxylic acids is 1. The van der Waals surface area contributed by atoms with Gasteiger partial charge in [0.2, 0.25) is 15.9 Å². The molecule has 0 spiro atoms. The van der Waals surface area contributed by atoms with Gasteiger partial charge in [0.25, 0.3) is 0 Å². The molecule has 0 aliphatic rings. The maximum atomic E-state index is 12.8. The molecule has 0 bridgehead atoms. The van der Waals surface area contributed by atoms with Gasteiger partial charge in [0, 0.05) is 5.69 Å². The second-order valence-electron chi connectivity index (χ2n) is 7.27. The van der Waals surface area contributed by atoms with E-state index >= 15 is 0 Å². The highest BCUT2D eigenvalue weighted by Crippen LogP contribution is 2.32. The minimum atomic E-state index is -3.59. The van der Waals surface area contributed by atoms with Gasteiger partial charge in [0.1, 0.15) is 6.54 Å². The number of hydrogen-bond donors (Lipinski definition) is 1. The zero-order chi connectivity index (χ0) is 20.2. The summed E-state index contributed by atoms with van der Waals surface area (Å²) in [6, 6.07) is 14.6. The second kappa shape index (κ2) is 8.57. The molecule has 0 aliphatic carbocycles. The van der Waals surface area contributed by atoms with Crippen molar-refractivity contribution in [2.45, 2.75) is 39.5 Å². The van der Waals surface area contributed by atoms with Gasteiger partial charge in [-0.15, -0.1) is 0 Å². The Kier molecular flexibility index (Phi) is 6.65. The quantitative estimate of drug-likeness (QED) is 0.767. The number of sulfonamides is 1. The zero-order valence-corrected chi connectivity index (χ0v) is 17.4. The van der Waals surface area contributed by atoms with Crippen molar-refractivity contribution in [2.24, 2.45) is 0 Å². The summed E-state index contributed by atoms with van der Waals surface area (Å²) in [6.07, 6.45) is 1.11. The topological polar surface area (TPSA) is 66.5 Å². The summed E-state index contributed by atoms with van der Waals surface area (Å²) in [5.74, 6) is 0.109. The minimum absolute atomic E-state index is 0.235. The highest BCUT2D eigenvalue weighted by Gasteiger charge is 2.22. The van der Waals surface area contributed by atoms with E-state index in [1.54, 1.807) is 30.3 Å². The van der Waals surface area contributed by atoms with Crippen molar-refractivity contribution in [1.82, 2.24) is 0 Å². The standard InChI is InChI=1S/C21H28N2O3S/c1-15(2)18-12-9-13-19(16(3)4)21(18)22-20(24)14-23(27(5,25)26)17-10-7-6-8-11-17/h6-13,15-16H,14H2,1-5H3,(H,22,24). The van der Waals surface area contributed by atoms with Crippen LogP contribution >= 0.6 is 0 Å². The number of benzene rings is 2. The molecular formula is C21H28N2O3S. The first-order chi connectivity index (χ1) is 12.6. The van der Waals surface area contributed by atoms with E-state index in [-0.39, 0.29) is 24.3 Å². The normalized spacial score (nSPS) is 11.7. The van der Waals surface area contributed by atoms with E-state index in [0.717, 1.165) is 27.4 Å². The minimum Gasteiger partial charge on any atom is -0.324 e. The molecule has 0 aromatic heterocycles. The lowest BCUT2D eigenvalue weighted by molar-refractivity contribution is -0.114. The van der Waals surface area contributed by atoms with Gasteiger partial charge in [0.05, 0.1) is 11.9 Å². The van der Waals surface area contributed by atoms with Gasteiger partial charge >= 0.3 is 0 Å². The number of para-hydroxylation sites is 2. The van der Waals surface area contributed by atoms with Crippen LogP contribution in [-0.4, -0.2) is 27.1 Å². The van der Waals surface area contributed by atoms with Crippen molar-refractivity contribution in [1.29, 1.82) is 0 Å². The lowest BCUT2D eigenvalue weighted by Crippen LogP contribution is -2.37. The van der Waals surface area contributed by atoms with Crippen molar-refractivity contribution >= 4 is 27.3 Å². The van der Waals surface area contributed by atoms with Crippen LogP contribution in [-0.2, 0) is 14.8 Å². The van der Waals surface area contributed by atoms with E-state index in [1.165, 1.54) is 0 Å². The SMILES string of the molecule is CC(C)c1cccc(C(C)C)c1NC(=O)CN(c1ccccc1)S(C)(=O)=O. The monoisotopic (exact) mass is 388 g/mol. The molecule has 2 aromatic carbocycles. The van der Waals surface area contributed by atoms with Crippen LogP contribution in [0.1, 0.15) is 50.7 Å².